The van der Waals surface area contributed by atoms with Crippen molar-refractivity contribution in [1.29, 1.82) is 0 Å². The van der Waals surface area contributed by atoms with Crippen molar-refractivity contribution in [2.24, 2.45) is 5.92 Å². The Hall–Kier alpha value is -1.94. The van der Waals surface area contributed by atoms with Gasteiger partial charge in [0.1, 0.15) is 0 Å². The third-order valence-electron chi connectivity index (χ3n) is 4.72. The molecule has 128 valence electrons. The molecule has 1 atom stereocenters. The topological polar surface area (TPSA) is 45.2 Å². The predicted octanol–water partition coefficient (Wildman–Crippen LogP) is 3.31. The highest BCUT2D eigenvalue weighted by Crippen LogP contribution is 2.20. The smallest absolute Gasteiger partial charge is 0.252 e. The molecule has 1 saturated heterocycles. The van der Waals surface area contributed by atoms with Crippen LogP contribution in [0.4, 0.5) is 0 Å². The minimum absolute atomic E-state index is 0.00405. The number of likely N-dealkylation sites (tertiary alicyclic amines) is 1. The molecule has 4 heteroatoms. The predicted molar refractivity (Wildman–Crippen MR) is 98.4 cm³/mol. The first-order valence-electron chi connectivity index (χ1n) is 8.91. The Labute approximate surface area is 144 Å². The molecule has 2 aromatic rings. The molecule has 2 heterocycles. The summed E-state index contributed by atoms with van der Waals surface area (Å²) in [5, 5.41) is 4.05. The molecule has 1 aliphatic rings. The zero-order chi connectivity index (χ0) is 17.1. The summed E-state index contributed by atoms with van der Waals surface area (Å²) in [6, 6.07) is 7.96. The number of carbonyl (C=O) groups excluding carboxylic acids is 1. The maximum Gasteiger partial charge on any atom is 0.252 e. The van der Waals surface area contributed by atoms with Crippen LogP contribution in [0, 0.1) is 19.8 Å². The molecule has 0 aliphatic carbocycles. The van der Waals surface area contributed by atoms with E-state index in [0.29, 0.717) is 12.5 Å². The lowest BCUT2D eigenvalue weighted by Crippen LogP contribution is -2.34. The lowest BCUT2D eigenvalue weighted by Gasteiger charge is -2.20. The molecule has 1 N–H and O–H groups in total. The second kappa shape index (κ2) is 7.31. The Morgan fingerprint density at radius 3 is 2.75 bits per heavy atom. The molecule has 1 fully saturated rings. The van der Waals surface area contributed by atoms with Gasteiger partial charge in [0.05, 0.1) is 11.1 Å². The van der Waals surface area contributed by atoms with Gasteiger partial charge in [0.15, 0.2) is 0 Å². The summed E-state index contributed by atoms with van der Waals surface area (Å²) in [5.74, 6) is 0.465. The molecule has 24 heavy (non-hydrogen) atoms. The Morgan fingerprint density at radius 1 is 1.25 bits per heavy atom. The maximum absolute atomic E-state index is 12.7. The first kappa shape index (κ1) is 16.9. The normalized spacial score (nSPS) is 16.5. The zero-order valence-corrected chi connectivity index (χ0v) is 14.9. The molecular formula is C20H27N3O. The summed E-state index contributed by atoms with van der Waals surface area (Å²) < 4.78 is 0. The number of hydrogen-bond acceptors (Lipinski definition) is 3. The molecule has 1 unspecified atom stereocenters. The second-order valence-electron chi connectivity index (χ2n) is 7.15. The van der Waals surface area contributed by atoms with Crippen LogP contribution in [0.5, 0.6) is 0 Å². The average molecular weight is 325 g/mol. The van der Waals surface area contributed by atoms with E-state index in [1.807, 2.05) is 38.1 Å². The Balaban J connectivity index is 1.70. The van der Waals surface area contributed by atoms with E-state index in [4.69, 9.17) is 0 Å². The lowest BCUT2D eigenvalue weighted by molar-refractivity contribution is 0.0946. The molecule has 1 aromatic heterocycles. The van der Waals surface area contributed by atoms with Crippen molar-refractivity contribution in [2.75, 3.05) is 26.2 Å². The quantitative estimate of drug-likeness (QED) is 0.917. The van der Waals surface area contributed by atoms with Crippen LogP contribution in [0.2, 0.25) is 0 Å². The highest BCUT2D eigenvalue weighted by molar-refractivity contribution is 6.06. The van der Waals surface area contributed by atoms with Gasteiger partial charge in [0.25, 0.3) is 5.91 Å². The fourth-order valence-electron chi connectivity index (χ4n) is 3.49. The first-order valence-corrected chi connectivity index (χ1v) is 8.91. The molecule has 0 saturated carbocycles. The largest absolute Gasteiger partial charge is 0.352 e. The zero-order valence-electron chi connectivity index (χ0n) is 14.9. The number of hydrogen-bond donors (Lipinski definition) is 1. The number of aryl methyl sites for hydroxylation is 2. The Kier molecular flexibility index (Phi) is 5.14. The van der Waals surface area contributed by atoms with Gasteiger partial charge in [-0.2, -0.15) is 0 Å². The molecule has 1 amide bonds. The molecule has 0 radical (unpaired) electrons. The highest BCUT2D eigenvalue weighted by Gasteiger charge is 2.17. The molecule has 1 aromatic carbocycles. The number of fused-ring (bicyclic) bond motifs is 1. The van der Waals surface area contributed by atoms with Gasteiger partial charge in [-0.15, -0.1) is 0 Å². The second-order valence-corrected chi connectivity index (χ2v) is 7.15. The van der Waals surface area contributed by atoms with Crippen LogP contribution >= 0.6 is 0 Å². The summed E-state index contributed by atoms with van der Waals surface area (Å²) in [6.45, 7) is 10.4. The summed E-state index contributed by atoms with van der Waals surface area (Å²) in [6.07, 6.45) is 2.61. The van der Waals surface area contributed by atoms with Gasteiger partial charge >= 0.3 is 0 Å². The van der Waals surface area contributed by atoms with E-state index < -0.39 is 0 Å². The van der Waals surface area contributed by atoms with E-state index in [1.165, 1.54) is 25.9 Å². The number of carbonyl (C=O) groups is 1. The van der Waals surface area contributed by atoms with Crippen LogP contribution in [0.3, 0.4) is 0 Å². The van der Waals surface area contributed by atoms with Crippen molar-refractivity contribution in [2.45, 2.75) is 33.6 Å². The van der Waals surface area contributed by atoms with E-state index in [-0.39, 0.29) is 5.91 Å². The van der Waals surface area contributed by atoms with Gasteiger partial charge in [-0.1, -0.05) is 18.6 Å². The van der Waals surface area contributed by atoms with Crippen LogP contribution in [0.1, 0.15) is 41.4 Å². The van der Waals surface area contributed by atoms with Gasteiger partial charge in [0, 0.05) is 24.2 Å². The maximum atomic E-state index is 12.7. The fraction of sp³-hybridized carbons (Fsp3) is 0.500. The fourth-order valence-corrected chi connectivity index (χ4v) is 3.49. The summed E-state index contributed by atoms with van der Waals surface area (Å²) in [5.41, 5.74) is 3.64. The van der Waals surface area contributed by atoms with Crippen LogP contribution in [0.25, 0.3) is 10.9 Å². The highest BCUT2D eigenvalue weighted by atomic mass is 16.1. The molecule has 3 rings (SSSR count). The number of benzene rings is 1. The number of rotatable bonds is 5. The standard InChI is InChI=1S/C20H27N3O/c1-14-6-7-19-17(10-14)18(11-16(3)22-19)20(24)21-12-15(2)13-23-8-4-5-9-23/h6-7,10-11,15H,4-5,8-9,12-13H2,1-3H3,(H,21,24). The van der Waals surface area contributed by atoms with Crippen molar-refractivity contribution in [3.05, 3.63) is 41.1 Å². The Bertz CT molecular complexity index is 735. The first-order chi connectivity index (χ1) is 11.5. The molecule has 0 spiro atoms. The van der Waals surface area contributed by atoms with Gasteiger partial charge in [-0.3, -0.25) is 9.78 Å². The average Bonchev–Trinajstić information content (AvgIpc) is 3.05. The van der Waals surface area contributed by atoms with Crippen LogP contribution in [-0.4, -0.2) is 42.0 Å². The SMILES string of the molecule is Cc1ccc2nc(C)cc(C(=O)NCC(C)CN3CCCC3)c2c1. The number of amides is 1. The van der Waals surface area contributed by atoms with Crippen LogP contribution in [-0.2, 0) is 0 Å². The summed E-state index contributed by atoms with van der Waals surface area (Å²) in [7, 11) is 0. The number of nitrogens with zero attached hydrogens (tertiary/aromatic N) is 2. The Morgan fingerprint density at radius 2 is 2.00 bits per heavy atom. The van der Waals surface area contributed by atoms with Crippen molar-refractivity contribution in [1.82, 2.24) is 15.2 Å². The third kappa shape index (κ3) is 3.93. The third-order valence-corrected chi connectivity index (χ3v) is 4.72. The van der Waals surface area contributed by atoms with E-state index in [9.17, 15) is 4.79 Å². The van der Waals surface area contributed by atoms with E-state index in [0.717, 1.165) is 34.3 Å². The van der Waals surface area contributed by atoms with E-state index in [2.05, 4.69) is 22.1 Å². The van der Waals surface area contributed by atoms with Crippen molar-refractivity contribution in [3.63, 3.8) is 0 Å². The van der Waals surface area contributed by atoms with Gasteiger partial charge in [-0.05, 0) is 63.9 Å². The van der Waals surface area contributed by atoms with Gasteiger partial charge < -0.3 is 10.2 Å². The lowest BCUT2D eigenvalue weighted by atomic mass is 10.0. The molecule has 0 bridgehead atoms. The van der Waals surface area contributed by atoms with E-state index in [1.54, 1.807) is 0 Å². The summed E-state index contributed by atoms with van der Waals surface area (Å²) in [4.78, 5) is 19.7. The molecule has 4 nitrogen and oxygen atoms in total. The van der Waals surface area contributed by atoms with Gasteiger partial charge in [0.2, 0.25) is 0 Å². The summed E-state index contributed by atoms with van der Waals surface area (Å²) >= 11 is 0. The molecular weight excluding hydrogens is 298 g/mol. The van der Waals surface area contributed by atoms with Gasteiger partial charge in [-0.25, -0.2) is 0 Å². The van der Waals surface area contributed by atoms with Crippen LogP contribution < -0.4 is 5.32 Å². The van der Waals surface area contributed by atoms with Crippen LogP contribution in [0.15, 0.2) is 24.3 Å². The van der Waals surface area contributed by atoms with Crippen molar-refractivity contribution in [3.8, 4) is 0 Å². The minimum Gasteiger partial charge on any atom is -0.352 e. The van der Waals surface area contributed by atoms with Crippen molar-refractivity contribution >= 4 is 16.8 Å². The molecule has 1 aliphatic heterocycles. The number of pyridine rings is 1. The van der Waals surface area contributed by atoms with E-state index >= 15 is 0 Å². The van der Waals surface area contributed by atoms with Crippen molar-refractivity contribution < 1.29 is 4.79 Å². The number of nitrogens with one attached hydrogen (secondary N) is 1. The minimum atomic E-state index is 0.00405. The monoisotopic (exact) mass is 325 g/mol. The number of aromatic nitrogens is 1.